The maximum Gasteiger partial charge on any atom is 0.243 e. The number of nitrogens with one attached hydrogen (secondary N) is 1. The molecule has 7 nitrogen and oxygen atoms in total. The summed E-state index contributed by atoms with van der Waals surface area (Å²) in [6.45, 7) is 1.49. The number of ether oxygens (including phenoxy) is 2. The van der Waals surface area contributed by atoms with Gasteiger partial charge in [0.1, 0.15) is 11.5 Å². The largest absolute Gasteiger partial charge is 0.497 e. The van der Waals surface area contributed by atoms with Gasteiger partial charge in [-0.2, -0.15) is 4.31 Å². The van der Waals surface area contributed by atoms with Crippen molar-refractivity contribution in [3.05, 3.63) is 48.0 Å². The first-order valence-corrected chi connectivity index (χ1v) is 11.5. The molecule has 0 spiro atoms. The highest BCUT2D eigenvalue weighted by Gasteiger charge is 2.24. The summed E-state index contributed by atoms with van der Waals surface area (Å²) in [4.78, 5) is 13.6. The fraction of sp³-hybridized carbons (Fsp3) is 0.350. The molecule has 0 bridgehead atoms. The highest BCUT2D eigenvalue weighted by Crippen LogP contribution is 2.29. The molecular weight excluding hydrogens is 412 g/mol. The van der Waals surface area contributed by atoms with Crippen molar-refractivity contribution in [2.75, 3.05) is 34.1 Å². The molecule has 0 fully saturated rings. The number of carbonyl (C=O) groups is 1. The smallest absolute Gasteiger partial charge is 0.243 e. The Bertz CT molecular complexity index is 946. The first-order chi connectivity index (χ1) is 13.7. The number of thioether (sulfide) groups is 1. The van der Waals surface area contributed by atoms with Crippen LogP contribution in [0.1, 0.15) is 18.5 Å². The van der Waals surface area contributed by atoms with E-state index in [0.29, 0.717) is 11.5 Å². The van der Waals surface area contributed by atoms with E-state index in [0.717, 1.165) is 14.8 Å². The Morgan fingerprint density at radius 2 is 1.79 bits per heavy atom. The van der Waals surface area contributed by atoms with Crippen molar-refractivity contribution in [3.63, 3.8) is 0 Å². The second-order valence-corrected chi connectivity index (χ2v) is 9.26. The number of likely N-dealkylation sites (N-methyl/N-ethyl adjacent to an activating group) is 1. The molecule has 29 heavy (non-hydrogen) atoms. The minimum Gasteiger partial charge on any atom is -0.497 e. The van der Waals surface area contributed by atoms with Crippen LogP contribution in [-0.2, 0) is 14.8 Å². The van der Waals surface area contributed by atoms with Crippen LogP contribution in [0.15, 0.2) is 52.3 Å². The van der Waals surface area contributed by atoms with Gasteiger partial charge in [0, 0.05) is 17.5 Å². The number of methoxy groups -OCH3 is 2. The number of benzene rings is 2. The van der Waals surface area contributed by atoms with Crippen molar-refractivity contribution in [3.8, 4) is 11.5 Å². The molecule has 0 saturated carbocycles. The zero-order valence-corrected chi connectivity index (χ0v) is 18.8. The minimum atomic E-state index is -3.76. The van der Waals surface area contributed by atoms with E-state index < -0.39 is 22.0 Å². The Morgan fingerprint density at radius 1 is 1.14 bits per heavy atom. The van der Waals surface area contributed by atoms with Crippen LogP contribution < -0.4 is 14.8 Å². The zero-order valence-electron chi connectivity index (χ0n) is 17.1. The summed E-state index contributed by atoms with van der Waals surface area (Å²) in [7, 11) is 0.719. The summed E-state index contributed by atoms with van der Waals surface area (Å²) in [5, 5.41) is 2.81. The zero-order chi connectivity index (χ0) is 21.6. The molecule has 1 atom stereocenters. The van der Waals surface area contributed by atoms with Crippen LogP contribution in [-0.4, -0.2) is 52.7 Å². The maximum absolute atomic E-state index is 12.7. The normalized spacial score (nSPS) is 12.5. The first-order valence-electron chi connectivity index (χ1n) is 8.84. The van der Waals surface area contributed by atoms with Gasteiger partial charge in [0.15, 0.2) is 0 Å². The van der Waals surface area contributed by atoms with Crippen molar-refractivity contribution >= 4 is 27.7 Å². The summed E-state index contributed by atoms with van der Waals surface area (Å²) in [5.74, 6) is 0.818. The van der Waals surface area contributed by atoms with Crippen LogP contribution in [0.3, 0.4) is 0 Å². The average Bonchev–Trinajstić information content (AvgIpc) is 2.72. The number of carbonyl (C=O) groups excluding carboxylic acids is 1. The van der Waals surface area contributed by atoms with Gasteiger partial charge in [0.2, 0.25) is 15.9 Å². The molecule has 0 aromatic heterocycles. The predicted molar refractivity (Wildman–Crippen MR) is 114 cm³/mol. The summed E-state index contributed by atoms with van der Waals surface area (Å²) in [6, 6.07) is 11.5. The molecule has 0 aliphatic heterocycles. The lowest BCUT2D eigenvalue weighted by molar-refractivity contribution is -0.121. The number of nitrogens with zero attached hydrogens (tertiary/aromatic N) is 1. The van der Waals surface area contributed by atoms with Crippen LogP contribution in [0.4, 0.5) is 0 Å². The maximum atomic E-state index is 12.7. The molecule has 1 N–H and O–H groups in total. The molecule has 9 heteroatoms. The third-order valence-electron chi connectivity index (χ3n) is 4.41. The summed E-state index contributed by atoms with van der Waals surface area (Å²) in [5.41, 5.74) is 0.735. The Morgan fingerprint density at radius 3 is 2.34 bits per heavy atom. The van der Waals surface area contributed by atoms with Crippen molar-refractivity contribution in [2.45, 2.75) is 22.8 Å². The standard InChI is InChI=1S/C20H26N2O5S2/c1-14(18-12-15(26-3)6-11-19(18)27-4)21-20(23)13-22(2)29(24,25)17-9-7-16(28-5)8-10-17/h6-12,14H,13H2,1-5H3,(H,21,23)/t14-/m1/s1. The summed E-state index contributed by atoms with van der Waals surface area (Å²) >= 11 is 1.53. The second-order valence-electron chi connectivity index (χ2n) is 6.33. The van der Waals surface area contributed by atoms with E-state index in [1.165, 1.54) is 18.8 Å². The molecule has 158 valence electrons. The van der Waals surface area contributed by atoms with Crippen LogP contribution in [0.5, 0.6) is 11.5 Å². The van der Waals surface area contributed by atoms with Crippen LogP contribution in [0.25, 0.3) is 0 Å². The highest BCUT2D eigenvalue weighted by atomic mass is 32.2. The van der Waals surface area contributed by atoms with Crippen molar-refractivity contribution < 1.29 is 22.7 Å². The molecular formula is C20H26N2O5S2. The Hall–Kier alpha value is -2.23. The third kappa shape index (κ3) is 5.65. The lowest BCUT2D eigenvalue weighted by Gasteiger charge is -2.21. The van der Waals surface area contributed by atoms with Gasteiger partial charge >= 0.3 is 0 Å². The lowest BCUT2D eigenvalue weighted by Crippen LogP contribution is -2.39. The first kappa shape index (κ1) is 23.1. The quantitative estimate of drug-likeness (QED) is 0.606. The van der Waals surface area contributed by atoms with Crippen LogP contribution in [0.2, 0.25) is 0 Å². The monoisotopic (exact) mass is 438 g/mol. The number of sulfonamides is 1. The second kappa shape index (κ2) is 10.00. The number of amides is 1. The molecule has 2 aromatic carbocycles. The van der Waals surface area contributed by atoms with Gasteiger partial charge in [0.25, 0.3) is 0 Å². The van der Waals surface area contributed by atoms with E-state index in [4.69, 9.17) is 9.47 Å². The van der Waals surface area contributed by atoms with E-state index in [-0.39, 0.29) is 11.4 Å². The van der Waals surface area contributed by atoms with Crippen LogP contribution >= 0.6 is 11.8 Å². The molecule has 0 aliphatic carbocycles. The molecule has 2 aromatic rings. The van der Waals surface area contributed by atoms with Gasteiger partial charge in [-0.3, -0.25) is 4.79 Å². The van der Waals surface area contributed by atoms with Gasteiger partial charge in [-0.05, 0) is 55.6 Å². The Balaban J connectivity index is 2.09. The van der Waals surface area contributed by atoms with Crippen LogP contribution in [0, 0.1) is 0 Å². The third-order valence-corrected chi connectivity index (χ3v) is 6.98. The van der Waals surface area contributed by atoms with Crippen molar-refractivity contribution in [1.29, 1.82) is 0 Å². The van der Waals surface area contributed by atoms with Gasteiger partial charge < -0.3 is 14.8 Å². The lowest BCUT2D eigenvalue weighted by atomic mass is 10.1. The molecule has 0 heterocycles. The fourth-order valence-electron chi connectivity index (χ4n) is 2.76. The topological polar surface area (TPSA) is 84.9 Å². The Labute approximate surface area is 176 Å². The van der Waals surface area contributed by atoms with E-state index in [1.54, 1.807) is 63.6 Å². The van der Waals surface area contributed by atoms with E-state index in [9.17, 15) is 13.2 Å². The Kier molecular flexibility index (Phi) is 7.95. The molecule has 0 aliphatic rings. The molecule has 0 radical (unpaired) electrons. The highest BCUT2D eigenvalue weighted by molar-refractivity contribution is 7.98. The number of hydrogen-bond acceptors (Lipinski definition) is 6. The number of rotatable bonds is 9. The van der Waals surface area contributed by atoms with Gasteiger partial charge in [0.05, 0.1) is 31.7 Å². The molecule has 0 unspecified atom stereocenters. The number of hydrogen-bond donors (Lipinski definition) is 1. The van der Waals surface area contributed by atoms with Gasteiger partial charge in [-0.25, -0.2) is 8.42 Å². The summed E-state index contributed by atoms with van der Waals surface area (Å²) in [6.07, 6.45) is 1.92. The van der Waals surface area contributed by atoms with Gasteiger partial charge in [-0.1, -0.05) is 0 Å². The molecule has 0 saturated heterocycles. The predicted octanol–water partition coefficient (Wildman–Crippen LogP) is 2.92. The van der Waals surface area contributed by atoms with Crippen molar-refractivity contribution in [1.82, 2.24) is 9.62 Å². The SMILES string of the molecule is COc1ccc(OC)c([C@@H](C)NC(=O)CN(C)S(=O)(=O)c2ccc(SC)cc2)c1. The minimum absolute atomic E-state index is 0.146. The van der Waals surface area contributed by atoms with E-state index in [1.807, 2.05) is 6.26 Å². The molecule has 2 rings (SSSR count). The van der Waals surface area contributed by atoms with E-state index >= 15 is 0 Å². The average molecular weight is 439 g/mol. The summed E-state index contributed by atoms with van der Waals surface area (Å²) < 4.78 is 37.0. The van der Waals surface area contributed by atoms with Gasteiger partial charge in [-0.15, -0.1) is 11.8 Å². The van der Waals surface area contributed by atoms with E-state index in [2.05, 4.69) is 5.32 Å². The fourth-order valence-corrected chi connectivity index (χ4v) is 4.29. The molecule has 1 amide bonds. The van der Waals surface area contributed by atoms with Crippen molar-refractivity contribution in [2.24, 2.45) is 0 Å².